The van der Waals surface area contributed by atoms with Crippen LogP contribution >= 0.6 is 0 Å². The first kappa shape index (κ1) is 18.1. The monoisotopic (exact) mass is 361 g/mol. The Morgan fingerprint density at radius 2 is 1.93 bits per heavy atom. The number of hydrazone groups is 1. The van der Waals surface area contributed by atoms with Gasteiger partial charge in [0.25, 0.3) is 5.91 Å². The number of nitrogens with zero attached hydrogens (tertiary/aromatic N) is 2. The summed E-state index contributed by atoms with van der Waals surface area (Å²) < 4.78 is 12.3. The lowest BCUT2D eigenvalue weighted by Crippen LogP contribution is -2.17. The molecule has 0 unspecified atom stereocenters. The van der Waals surface area contributed by atoms with E-state index < -0.39 is 0 Å². The number of hydrogen-bond acceptors (Lipinski definition) is 4. The van der Waals surface area contributed by atoms with Crippen molar-refractivity contribution in [2.75, 3.05) is 14.2 Å². The van der Waals surface area contributed by atoms with Crippen molar-refractivity contribution in [2.24, 2.45) is 5.10 Å². The largest absolute Gasteiger partial charge is 0.497 e. The minimum atomic E-state index is -0.365. The molecule has 0 atom stereocenters. The van der Waals surface area contributed by atoms with Gasteiger partial charge in [-0.2, -0.15) is 5.10 Å². The zero-order valence-electron chi connectivity index (χ0n) is 15.1. The van der Waals surface area contributed by atoms with Gasteiger partial charge < -0.3 is 14.0 Å². The first-order chi connectivity index (χ1) is 13.2. The van der Waals surface area contributed by atoms with Gasteiger partial charge in [0, 0.05) is 34.3 Å². The summed E-state index contributed by atoms with van der Waals surface area (Å²) in [5, 5.41) is 5.09. The maximum absolute atomic E-state index is 12.4. The summed E-state index contributed by atoms with van der Waals surface area (Å²) in [6.07, 6.45) is 8.94. The molecule has 0 spiro atoms. The lowest BCUT2D eigenvalue weighted by atomic mass is 10.2. The van der Waals surface area contributed by atoms with Gasteiger partial charge in [0.15, 0.2) is 0 Å². The number of carbonyl (C=O) groups is 1. The van der Waals surface area contributed by atoms with E-state index in [0.717, 1.165) is 16.5 Å². The predicted molar refractivity (Wildman–Crippen MR) is 105 cm³/mol. The molecule has 1 amide bonds. The molecule has 2 aromatic carbocycles. The number of fused-ring (bicyclic) bond motifs is 1. The van der Waals surface area contributed by atoms with Crippen molar-refractivity contribution in [3.05, 3.63) is 59.8 Å². The molecule has 27 heavy (non-hydrogen) atoms. The molecule has 0 saturated carbocycles. The number of nitrogens with one attached hydrogen (secondary N) is 1. The molecule has 0 radical (unpaired) electrons. The van der Waals surface area contributed by atoms with Gasteiger partial charge in [-0.05, 0) is 18.2 Å². The third-order valence-electron chi connectivity index (χ3n) is 4.06. The second-order valence-electron chi connectivity index (χ2n) is 5.73. The highest BCUT2D eigenvalue weighted by atomic mass is 16.5. The first-order valence-electron chi connectivity index (χ1n) is 8.24. The van der Waals surface area contributed by atoms with Crippen LogP contribution in [0.15, 0.2) is 53.8 Å². The van der Waals surface area contributed by atoms with Crippen LogP contribution in [-0.4, -0.2) is 30.9 Å². The topological polar surface area (TPSA) is 64.9 Å². The lowest BCUT2D eigenvalue weighted by molar-refractivity contribution is 0.0954. The minimum Gasteiger partial charge on any atom is -0.497 e. The Kier molecular flexibility index (Phi) is 5.43. The van der Waals surface area contributed by atoms with Crippen molar-refractivity contribution in [3.8, 4) is 23.8 Å². The minimum absolute atomic E-state index is 0.365. The van der Waals surface area contributed by atoms with Gasteiger partial charge >= 0.3 is 0 Å². The summed E-state index contributed by atoms with van der Waals surface area (Å²) in [4.78, 5) is 12.4. The Morgan fingerprint density at radius 1 is 1.22 bits per heavy atom. The molecular formula is C21H19N3O3. The summed E-state index contributed by atoms with van der Waals surface area (Å²) in [5.74, 6) is 3.32. The number of para-hydroxylation sites is 1. The molecule has 6 heteroatoms. The van der Waals surface area contributed by atoms with E-state index in [0.29, 0.717) is 23.6 Å². The summed E-state index contributed by atoms with van der Waals surface area (Å²) in [6, 6.07) is 12.8. The van der Waals surface area contributed by atoms with E-state index in [1.54, 1.807) is 24.4 Å². The number of aromatic nitrogens is 1. The number of rotatable bonds is 6. The highest BCUT2D eigenvalue weighted by Crippen LogP contribution is 2.22. The lowest BCUT2D eigenvalue weighted by Gasteiger charge is -2.07. The van der Waals surface area contributed by atoms with E-state index in [-0.39, 0.29) is 5.91 Å². The van der Waals surface area contributed by atoms with E-state index in [9.17, 15) is 4.79 Å². The zero-order valence-corrected chi connectivity index (χ0v) is 15.1. The quantitative estimate of drug-likeness (QED) is 0.417. The van der Waals surface area contributed by atoms with E-state index in [1.807, 2.05) is 35.0 Å². The fourth-order valence-electron chi connectivity index (χ4n) is 2.77. The van der Waals surface area contributed by atoms with Crippen molar-refractivity contribution in [3.63, 3.8) is 0 Å². The zero-order chi connectivity index (χ0) is 19.2. The van der Waals surface area contributed by atoms with Crippen LogP contribution in [-0.2, 0) is 6.54 Å². The number of hydrogen-bond donors (Lipinski definition) is 1. The number of ether oxygens (including phenoxy) is 2. The standard InChI is InChI=1S/C21H19N3O3/c1-4-9-24-14-16(19-7-5-6-8-20(19)24)13-22-23-21(25)15-10-17(26-2)12-18(11-15)27-3/h1,5-8,10-14H,9H2,2-3H3,(H,23,25)/b22-13-. The van der Waals surface area contributed by atoms with Crippen LogP contribution in [0.5, 0.6) is 11.5 Å². The van der Waals surface area contributed by atoms with E-state index in [4.69, 9.17) is 15.9 Å². The molecule has 3 rings (SSSR count). The van der Waals surface area contributed by atoms with Crippen LogP contribution in [0.4, 0.5) is 0 Å². The van der Waals surface area contributed by atoms with E-state index >= 15 is 0 Å². The van der Waals surface area contributed by atoms with Gasteiger partial charge in [-0.3, -0.25) is 4.79 Å². The van der Waals surface area contributed by atoms with Gasteiger partial charge in [-0.15, -0.1) is 6.42 Å². The SMILES string of the molecule is C#CCn1cc(/C=N\NC(=O)c2cc(OC)cc(OC)c2)c2ccccc21. The Hall–Kier alpha value is -3.72. The molecule has 0 aliphatic rings. The Morgan fingerprint density at radius 3 is 2.59 bits per heavy atom. The van der Waals surface area contributed by atoms with Crippen molar-refractivity contribution in [1.82, 2.24) is 9.99 Å². The maximum Gasteiger partial charge on any atom is 0.271 e. The first-order valence-corrected chi connectivity index (χ1v) is 8.24. The van der Waals surface area contributed by atoms with Crippen molar-refractivity contribution in [2.45, 2.75) is 6.54 Å². The molecule has 3 aromatic rings. The molecular weight excluding hydrogens is 342 g/mol. The average molecular weight is 361 g/mol. The van der Waals surface area contributed by atoms with Gasteiger partial charge in [0.05, 0.1) is 27.0 Å². The molecule has 1 aromatic heterocycles. The maximum atomic E-state index is 12.4. The molecule has 1 heterocycles. The fraction of sp³-hybridized carbons (Fsp3) is 0.143. The Labute approximate surface area is 157 Å². The number of carbonyl (C=O) groups excluding carboxylic acids is 1. The van der Waals surface area contributed by atoms with Crippen LogP contribution in [0.2, 0.25) is 0 Å². The Bertz CT molecular complexity index is 1020. The molecule has 0 aliphatic heterocycles. The van der Waals surface area contributed by atoms with E-state index in [1.165, 1.54) is 14.2 Å². The molecule has 0 saturated heterocycles. The van der Waals surface area contributed by atoms with Crippen LogP contribution in [0.1, 0.15) is 15.9 Å². The third-order valence-corrected chi connectivity index (χ3v) is 4.06. The Balaban J connectivity index is 1.81. The highest BCUT2D eigenvalue weighted by Gasteiger charge is 2.10. The second-order valence-corrected chi connectivity index (χ2v) is 5.73. The molecule has 0 aliphatic carbocycles. The van der Waals surface area contributed by atoms with Gasteiger partial charge in [-0.1, -0.05) is 24.1 Å². The van der Waals surface area contributed by atoms with Crippen molar-refractivity contribution < 1.29 is 14.3 Å². The summed E-state index contributed by atoms with van der Waals surface area (Å²) in [6.45, 7) is 0.463. The number of amides is 1. The molecule has 0 bridgehead atoms. The molecule has 6 nitrogen and oxygen atoms in total. The summed E-state index contributed by atoms with van der Waals surface area (Å²) in [5.41, 5.74) is 4.79. The molecule has 0 fully saturated rings. The van der Waals surface area contributed by atoms with Gasteiger partial charge in [0.2, 0.25) is 0 Å². The van der Waals surface area contributed by atoms with E-state index in [2.05, 4.69) is 16.4 Å². The average Bonchev–Trinajstić information content (AvgIpc) is 3.05. The molecule has 1 N–H and O–H groups in total. The fourth-order valence-corrected chi connectivity index (χ4v) is 2.77. The highest BCUT2D eigenvalue weighted by molar-refractivity contribution is 6.00. The number of benzene rings is 2. The molecule has 136 valence electrons. The second kappa shape index (κ2) is 8.11. The summed E-state index contributed by atoms with van der Waals surface area (Å²) >= 11 is 0. The number of terminal acetylenes is 1. The van der Waals surface area contributed by atoms with Crippen molar-refractivity contribution in [1.29, 1.82) is 0 Å². The van der Waals surface area contributed by atoms with Gasteiger partial charge in [0.1, 0.15) is 11.5 Å². The summed E-state index contributed by atoms with van der Waals surface area (Å²) in [7, 11) is 3.06. The third kappa shape index (κ3) is 3.93. The predicted octanol–water partition coefficient (Wildman–Crippen LogP) is 3.06. The smallest absolute Gasteiger partial charge is 0.271 e. The normalized spacial score (nSPS) is 10.7. The van der Waals surface area contributed by atoms with Crippen molar-refractivity contribution >= 4 is 23.0 Å². The van der Waals surface area contributed by atoms with Crippen LogP contribution in [0.3, 0.4) is 0 Å². The van der Waals surface area contributed by atoms with Crippen LogP contribution < -0.4 is 14.9 Å². The number of methoxy groups -OCH3 is 2. The van der Waals surface area contributed by atoms with Crippen LogP contribution in [0, 0.1) is 12.3 Å². The van der Waals surface area contributed by atoms with Gasteiger partial charge in [-0.25, -0.2) is 5.43 Å². The van der Waals surface area contributed by atoms with Crippen LogP contribution in [0.25, 0.3) is 10.9 Å².